The SMILES string of the molecule is CN1CCOB(c2ccc(SCC(=O)OC(C)(C)C)cc2)OCC1. The number of thioether (sulfide) groups is 1. The summed E-state index contributed by atoms with van der Waals surface area (Å²) in [6, 6.07) is 7.96. The fourth-order valence-electron chi connectivity index (χ4n) is 2.22. The number of hydrogen-bond acceptors (Lipinski definition) is 6. The van der Waals surface area contributed by atoms with Crippen molar-refractivity contribution < 1.29 is 18.8 Å². The molecular formula is C17H26BNO4S. The number of esters is 1. The predicted molar refractivity (Wildman–Crippen MR) is 97.8 cm³/mol. The van der Waals surface area contributed by atoms with Gasteiger partial charge < -0.3 is 18.9 Å². The normalized spacial score (nSPS) is 17.2. The lowest BCUT2D eigenvalue weighted by atomic mass is 9.79. The number of rotatable bonds is 4. The van der Waals surface area contributed by atoms with E-state index >= 15 is 0 Å². The highest BCUT2D eigenvalue weighted by Crippen LogP contribution is 2.18. The van der Waals surface area contributed by atoms with Crippen LogP contribution in [0, 0.1) is 0 Å². The monoisotopic (exact) mass is 351 g/mol. The number of ether oxygens (including phenoxy) is 1. The van der Waals surface area contributed by atoms with Gasteiger partial charge in [0.2, 0.25) is 0 Å². The van der Waals surface area contributed by atoms with Crippen molar-refractivity contribution in [3.63, 3.8) is 0 Å². The first kappa shape index (κ1) is 19.3. The van der Waals surface area contributed by atoms with Crippen molar-refractivity contribution in [3.05, 3.63) is 24.3 Å². The Bertz CT molecular complexity index is 522. The van der Waals surface area contributed by atoms with E-state index in [-0.39, 0.29) is 13.1 Å². The molecule has 1 aromatic rings. The minimum absolute atomic E-state index is 0.201. The standard InChI is InChI=1S/C17H26BNO4S/c1-17(2,3)23-16(20)13-24-15-7-5-14(6-8-15)18-21-11-9-19(4)10-12-22-18/h5-8H,9-13H2,1-4H3. The van der Waals surface area contributed by atoms with Crippen molar-refractivity contribution in [1.29, 1.82) is 0 Å². The van der Waals surface area contributed by atoms with E-state index in [4.69, 9.17) is 14.0 Å². The van der Waals surface area contributed by atoms with E-state index in [1.807, 2.05) is 45.0 Å². The van der Waals surface area contributed by atoms with E-state index in [0.717, 1.165) is 23.4 Å². The van der Waals surface area contributed by atoms with Gasteiger partial charge in [0.25, 0.3) is 0 Å². The molecule has 1 aliphatic heterocycles. The minimum atomic E-state index is -0.442. The molecule has 0 spiro atoms. The van der Waals surface area contributed by atoms with Crippen molar-refractivity contribution >= 4 is 30.3 Å². The second kappa shape index (κ2) is 8.90. The molecule has 1 fully saturated rings. The fraction of sp³-hybridized carbons (Fsp3) is 0.588. The van der Waals surface area contributed by atoms with Crippen LogP contribution in [0.25, 0.3) is 0 Å². The van der Waals surface area contributed by atoms with Crippen LogP contribution in [0.4, 0.5) is 0 Å². The summed E-state index contributed by atoms with van der Waals surface area (Å²) in [5.41, 5.74) is 0.559. The molecule has 0 aromatic heterocycles. The maximum atomic E-state index is 11.8. The molecule has 0 saturated carbocycles. The maximum Gasteiger partial charge on any atom is 0.493 e. The van der Waals surface area contributed by atoms with Crippen molar-refractivity contribution in [1.82, 2.24) is 4.90 Å². The van der Waals surface area contributed by atoms with Crippen LogP contribution >= 0.6 is 11.8 Å². The van der Waals surface area contributed by atoms with Gasteiger partial charge in [-0.2, -0.15) is 0 Å². The third-order valence-corrected chi connectivity index (χ3v) is 4.40. The Morgan fingerprint density at radius 3 is 2.33 bits per heavy atom. The molecule has 0 radical (unpaired) electrons. The molecule has 0 unspecified atom stereocenters. The second-order valence-corrected chi connectivity index (χ2v) is 7.87. The highest BCUT2D eigenvalue weighted by atomic mass is 32.2. The number of carbonyl (C=O) groups excluding carboxylic acids is 1. The second-order valence-electron chi connectivity index (χ2n) is 6.82. The molecule has 24 heavy (non-hydrogen) atoms. The van der Waals surface area contributed by atoms with Crippen LogP contribution in [0.5, 0.6) is 0 Å². The molecule has 0 atom stereocenters. The zero-order chi connectivity index (χ0) is 17.6. The molecule has 1 aliphatic rings. The number of likely N-dealkylation sites (N-methyl/N-ethyl adjacent to an activating group) is 1. The van der Waals surface area contributed by atoms with Gasteiger partial charge in [0.1, 0.15) is 5.60 Å². The van der Waals surface area contributed by atoms with Gasteiger partial charge in [-0.1, -0.05) is 12.1 Å². The van der Waals surface area contributed by atoms with Crippen LogP contribution in [-0.2, 0) is 18.8 Å². The van der Waals surface area contributed by atoms with E-state index in [1.165, 1.54) is 11.8 Å². The molecule has 5 nitrogen and oxygen atoms in total. The Labute approximate surface area is 149 Å². The fourth-order valence-corrected chi connectivity index (χ4v) is 2.89. The number of nitrogens with zero attached hydrogens (tertiary/aromatic N) is 1. The van der Waals surface area contributed by atoms with Crippen LogP contribution < -0.4 is 5.46 Å². The molecule has 0 aliphatic carbocycles. The molecule has 132 valence electrons. The average Bonchev–Trinajstić information content (AvgIpc) is 2.48. The molecule has 0 N–H and O–H groups in total. The molecule has 7 heteroatoms. The van der Waals surface area contributed by atoms with Gasteiger partial charge in [-0.3, -0.25) is 4.79 Å². The first-order chi connectivity index (χ1) is 11.3. The zero-order valence-corrected chi connectivity index (χ0v) is 15.7. The summed E-state index contributed by atoms with van der Waals surface area (Å²) in [5.74, 6) is 0.103. The summed E-state index contributed by atoms with van der Waals surface area (Å²) in [7, 11) is 1.74. The van der Waals surface area contributed by atoms with Gasteiger partial charge in [0.05, 0.1) is 5.75 Å². The Balaban J connectivity index is 1.85. The van der Waals surface area contributed by atoms with Crippen molar-refractivity contribution in [2.24, 2.45) is 0 Å². The van der Waals surface area contributed by atoms with Gasteiger partial charge in [0.15, 0.2) is 0 Å². The Morgan fingerprint density at radius 2 is 1.79 bits per heavy atom. The van der Waals surface area contributed by atoms with Gasteiger partial charge in [0, 0.05) is 31.2 Å². The molecule has 1 saturated heterocycles. The lowest BCUT2D eigenvalue weighted by Gasteiger charge is -2.24. The zero-order valence-electron chi connectivity index (χ0n) is 14.9. The average molecular weight is 351 g/mol. The van der Waals surface area contributed by atoms with Gasteiger partial charge in [-0.05, 0) is 45.4 Å². The minimum Gasteiger partial charge on any atom is -0.459 e. The topological polar surface area (TPSA) is 48.0 Å². The number of benzene rings is 1. The third-order valence-electron chi connectivity index (χ3n) is 3.41. The maximum absolute atomic E-state index is 11.8. The molecular weight excluding hydrogens is 325 g/mol. The lowest BCUT2D eigenvalue weighted by Crippen LogP contribution is -2.43. The smallest absolute Gasteiger partial charge is 0.459 e. The van der Waals surface area contributed by atoms with E-state index in [0.29, 0.717) is 19.0 Å². The summed E-state index contributed by atoms with van der Waals surface area (Å²) in [4.78, 5) is 15.0. The third kappa shape index (κ3) is 6.85. The summed E-state index contributed by atoms with van der Waals surface area (Å²) < 4.78 is 16.9. The van der Waals surface area contributed by atoms with Crippen molar-refractivity contribution in [2.75, 3.05) is 39.1 Å². The van der Waals surface area contributed by atoms with E-state index in [9.17, 15) is 4.79 Å². The largest absolute Gasteiger partial charge is 0.493 e. The Kier molecular flexibility index (Phi) is 7.16. The van der Waals surface area contributed by atoms with E-state index in [1.54, 1.807) is 0 Å². The Hall–Kier alpha value is -1.02. The highest BCUT2D eigenvalue weighted by molar-refractivity contribution is 8.00. The first-order valence-corrected chi connectivity index (χ1v) is 9.18. The van der Waals surface area contributed by atoms with Gasteiger partial charge in [-0.15, -0.1) is 11.8 Å². The van der Waals surface area contributed by atoms with Gasteiger partial charge >= 0.3 is 13.1 Å². The predicted octanol–water partition coefficient (Wildman–Crippen LogP) is 1.79. The molecule has 0 bridgehead atoms. The Morgan fingerprint density at radius 1 is 1.21 bits per heavy atom. The number of hydrogen-bond donors (Lipinski definition) is 0. The molecule has 1 heterocycles. The van der Waals surface area contributed by atoms with Crippen LogP contribution in [0.1, 0.15) is 20.8 Å². The van der Waals surface area contributed by atoms with Crippen molar-refractivity contribution in [3.8, 4) is 0 Å². The van der Waals surface area contributed by atoms with Gasteiger partial charge in [-0.25, -0.2) is 0 Å². The lowest BCUT2D eigenvalue weighted by molar-refractivity contribution is -0.151. The molecule has 1 aromatic carbocycles. The summed E-state index contributed by atoms with van der Waals surface area (Å²) >= 11 is 1.47. The van der Waals surface area contributed by atoms with Crippen LogP contribution in [0.3, 0.4) is 0 Å². The summed E-state index contributed by atoms with van der Waals surface area (Å²) in [6.45, 7) is 8.73. The molecule has 2 rings (SSSR count). The van der Waals surface area contributed by atoms with Crippen LogP contribution in [0.2, 0.25) is 0 Å². The van der Waals surface area contributed by atoms with Crippen LogP contribution in [-0.4, -0.2) is 62.7 Å². The quantitative estimate of drug-likeness (QED) is 0.468. The van der Waals surface area contributed by atoms with E-state index < -0.39 is 5.60 Å². The number of carbonyl (C=O) groups is 1. The first-order valence-electron chi connectivity index (χ1n) is 8.20. The van der Waals surface area contributed by atoms with E-state index in [2.05, 4.69) is 11.9 Å². The molecule has 0 amide bonds. The highest BCUT2D eigenvalue weighted by Gasteiger charge is 2.23. The van der Waals surface area contributed by atoms with Crippen LogP contribution in [0.15, 0.2) is 29.2 Å². The summed E-state index contributed by atoms with van der Waals surface area (Å²) in [6.07, 6.45) is 0. The summed E-state index contributed by atoms with van der Waals surface area (Å²) in [5, 5.41) is 0. The van der Waals surface area contributed by atoms with Crippen molar-refractivity contribution in [2.45, 2.75) is 31.3 Å².